The van der Waals surface area contributed by atoms with Crippen LogP contribution in [-0.2, 0) is 5.33 Å². The number of aromatic amines is 1. The van der Waals surface area contributed by atoms with Crippen LogP contribution in [0.5, 0.6) is 0 Å². The molecule has 0 fully saturated rings. The van der Waals surface area contributed by atoms with Gasteiger partial charge in [0.2, 0.25) is 0 Å². The van der Waals surface area contributed by atoms with Gasteiger partial charge in [-0.15, -0.1) is 0 Å². The van der Waals surface area contributed by atoms with Crippen molar-refractivity contribution in [2.75, 3.05) is 0 Å². The van der Waals surface area contributed by atoms with Crippen molar-refractivity contribution in [3.05, 3.63) is 52.7 Å². The molecule has 0 unspecified atom stereocenters. The number of halogens is 1. The zero-order valence-corrected chi connectivity index (χ0v) is 9.49. The maximum absolute atomic E-state index is 11.6. The van der Waals surface area contributed by atoms with Crippen LogP contribution >= 0.6 is 15.9 Å². The highest BCUT2D eigenvalue weighted by atomic mass is 79.9. The quantitative estimate of drug-likeness (QED) is 0.847. The number of aromatic nitrogens is 2. The minimum atomic E-state index is -0.0779. The Morgan fingerprint density at radius 1 is 1.33 bits per heavy atom. The molecule has 0 aromatic carbocycles. The fourth-order valence-electron chi connectivity index (χ4n) is 1.35. The van der Waals surface area contributed by atoms with Crippen LogP contribution in [0, 0.1) is 0 Å². The third kappa shape index (κ3) is 2.15. The molecule has 0 amide bonds. The average molecular weight is 265 g/mol. The van der Waals surface area contributed by atoms with Gasteiger partial charge < -0.3 is 4.98 Å². The minimum Gasteiger partial charge on any atom is -0.328 e. The molecule has 2 heterocycles. The molecule has 1 N–H and O–H groups in total. The molecule has 2 rings (SSSR count). The van der Waals surface area contributed by atoms with Gasteiger partial charge in [-0.05, 0) is 29.3 Å². The summed E-state index contributed by atoms with van der Waals surface area (Å²) in [6.07, 6.45) is 5.06. The smallest absolute Gasteiger partial charge is 0.255 e. The summed E-state index contributed by atoms with van der Waals surface area (Å²) in [6, 6.07) is 5.52. The first-order chi connectivity index (χ1) is 7.31. The summed E-state index contributed by atoms with van der Waals surface area (Å²) >= 11 is 3.35. The molecule has 0 atom stereocenters. The highest BCUT2D eigenvalue weighted by molar-refractivity contribution is 9.08. The maximum Gasteiger partial charge on any atom is 0.255 e. The number of rotatable bonds is 2. The molecule has 3 nitrogen and oxygen atoms in total. The molecule has 2 aromatic heterocycles. The van der Waals surface area contributed by atoms with Crippen molar-refractivity contribution in [1.82, 2.24) is 9.97 Å². The number of alkyl halides is 1. The Labute approximate surface area is 95.3 Å². The van der Waals surface area contributed by atoms with Gasteiger partial charge in [0.1, 0.15) is 0 Å². The number of H-pyrrole nitrogens is 1. The molecule has 0 aliphatic heterocycles. The van der Waals surface area contributed by atoms with E-state index < -0.39 is 0 Å². The van der Waals surface area contributed by atoms with E-state index in [-0.39, 0.29) is 5.56 Å². The van der Waals surface area contributed by atoms with E-state index in [4.69, 9.17) is 0 Å². The van der Waals surface area contributed by atoms with Crippen molar-refractivity contribution in [2.24, 2.45) is 0 Å². The van der Waals surface area contributed by atoms with E-state index >= 15 is 0 Å². The van der Waals surface area contributed by atoms with Gasteiger partial charge in [0.25, 0.3) is 5.56 Å². The van der Waals surface area contributed by atoms with E-state index in [0.717, 1.165) is 16.5 Å². The molecule has 0 bridgehead atoms. The summed E-state index contributed by atoms with van der Waals surface area (Å²) in [5.74, 6) is 0. The molecule has 0 spiro atoms. The largest absolute Gasteiger partial charge is 0.328 e. The van der Waals surface area contributed by atoms with Crippen molar-refractivity contribution in [2.45, 2.75) is 5.33 Å². The Balaban J connectivity index is 2.57. The third-order valence-corrected chi connectivity index (χ3v) is 2.76. The summed E-state index contributed by atoms with van der Waals surface area (Å²) in [5.41, 5.74) is 2.52. The van der Waals surface area contributed by atoms with E-state index in [0.29, 0.717) is 5.56 Å². The molecule has 76 valence electrons. The second-order valence-corrected chi connectivity index (χ2v) is 3.68. The number of nitrogens with one attached hydrogen (secondary N) is 1. The van der Waals surface area contributed by atoms with Gasteiger partial charge in [0, 0.05) is 29.5 Å². The summed E-state index contributed by atoms with van der Waals surface area (Å²) in [7, 11) is 0. The number of pyridine rings is 2. The Morgan fingerprint density at radius 2 is 2.07 bits per heavy atom. The number of nitrogens with zero attached hydrogens (tertiary/aromatic N) is 1. The van der Waals surface area contributed by atoms with Crippen LogP contribution in [0.2, 0.25) is 0 Å². The van der Waals surface area contributed by atoms with Gasteiger partial charge in [0.05, 0.1) is 0 Å². The second-order valence-electron chi connectivity index (χ2n) is 3.12. The van der Waals surface area contributed by atoms with Gasteiger partial charge in [-0.1, -0.05) is 15.9 Å². The van der Waals surface area contributed by atoms with E-state index in [1.165, 1.54) is 0 Å². The predicted molar refractivity (Wildman–Crippen MR) is 62.9 cm³/mol. The summed E-state index contributed by atoms with van der Waals surface area (Å²) in [5, 5.41) is 0.724. The molecular weight excluding hydrogens is 256 g/mol. The Kier molecular flexibility index (Phi) is 2.97. The summed E-state index contributed by atoms with van der Waals surface area (Å²) in [6.45, 7) is 0. The van der Waals surface area contributed by atoms with Crippen LogP contribution in [-0.4, -0.2) is 9.97 Å². The fourth-order valence-corrected chi connectivity index (χ4v) is 1.68. The van der Waals surface area contributed by atoms with E-state index in [1.54, 1.807) is 18.6 Å². The molecule has 0 radical (unpaired) electrons. The van der Waals surface area contributed by atoms with Crippen LogP contribution < -0.4 is 5.56 Å². The van der Waals surface area contributed by atoms with Crippen molar-refractivity contribution in [1.29, 1.82) is 0 Å². The van der Waals surface area contributed by atoms with Crippen molar-refractivity contribution < 1.29 is 0 Å². The first-order valence-corrected chi connectivity index (χ1v) is 5.61. The lowest BCUT2D eigenvalue weighted by molar-refractivity contribution is 1.19. The minimum absolute atomic E-state index is 0.0779. The van der Waals surface area contributed by atoms with Crippen LogP contribution in [0.15, 0.2) is 41.6 Å². The van der Waals surface area contributed by atoms with Crippen molar-refractivity contribution in [3.63, 3.8) is 0 Å². The standard InChI is InChI=1S/C11H9BrN2O/c12-6-8-5-10(11(15)14-7-8)9-1-3-13-4-2-9/h1-5,7H,6H2,(H,14,15). The van der Waals surface area contributed by atoms with Crippen molar-refractivity contribution in [3.8, 4) is 11.1 Å². The monoisotopic (exact) mass is 264 g/mol. The zero-order chi connectivity index (χ0) is 10.7. The molecule has 0 aliphatic carbocycles. The Hall–Kier alpha value is -1.42. The van der Waals surface area contributed by atoms with E-state index in [2.05, 4.69) is 25.9 Å². The van der Waals surface area contributed by atoms with Crippen LogP contribution in [0.1, 0.15) is 5.56 Å². The lowest BCUT2D eigenvalue weighted by Gasteiger charge is -2.01. The molecule has 2 aromatic rings. The molecule has 0 saturated heterocycles. The first kappa shape index (κ1) is 10.1. The van der Waals surface area contributed by atoms with E-state index in [1.807, 2.05) is 18.2 Å². The van der Waals surface area contributed by atoms with Gasteiger partial charge >= 0.3 is 0 Å². The first-order valence-electron chi connectivity index (χ1n) is 4.49. The predicted octanol–water partition coefficient (Wildman–Crippen LogP) is 2.33. The second kappa shape index (κ2) is 4.40. The van der Waals surface area contributed by atoms with Gasteiger partial charge in [-0.2, -0.15) is 0 Å². The SMILES string of the molecule is O=c1[nH]cc(CBr)cc1-c1ccncc1. The third-order valence-electron chi connectivity index (χ3n) is 2.11. The fraction of sp³-hybridized carbons (Fsp3) is 0.0909. The summed E-state index contributed by atoms with van der Waals surface area (Å²) in [4.78, 5) is 18.2. The highest BCUT2D eigenvalue weighted by Gasteiger charge is 2.03. The summed E-state index contributed by atoms with van der Waals surface area (Å²) < 4.78 is 0. The van der Waals surface area contributed by atoms with Gasteiger partial charge in [-0.25, -0.2) is 0 Å². The normalized spacial score (nSPS) is 10.2. The lowest BCUT2D eigenvalue weighted by Crippen LogP contribution is -2.08. The molecule has 15 heavy (non-hydrogen) atoms. The Morgan fingerprint density at radius 3 is 2.73 bits per heavy atom. The lowest BCUT2D eigenvalue weighted by atomic mass is 10.1. The van der Waals surface area contributed by atoms with E-state index in [9.17, 15) is 4.79 Å². The molecule has 0 aliphatic rings. The average Bonchev–Trinajstić information content (AvgIpc) is 2.31. The maximum atomic E-state index is 11.6. The van der Waals surface area contributed by atoms with Crippen LogP contribution in [0.3, 0.4) is 0 Å². The van der Waals surface area contributed by atoms with Crippen LogP contribution in [0.25, 0.3) is 11.1 Å². The highest BCUT2D eigenvalue weighted by Crippen LogP contribution is 2.15. The molecule has 4 heteroatoms. The van der Waals surface area contributed by atoms with Gasteiger partial charge in [-0.3, -0.25) is 9.78 Å². The zero-order valence-electron chi connectivity index (χ0n) is 7.90. The number of hydrogen-bond donors (Lipinski definition) is 1. The molecular formula is C11H9BrN2O. The van der Waals surface area contributed by atoms with Crippen LogP contribution in [0.4, 0.5) is 0 Å². The molecule has 0 saturated carbocycles. The topological polar surface area (TPSA) is 45.8 Å². The van der Waals surface area contributed by atoms with Gasteiger partial charge in [0.15, 0.2) is 0 Å². The van der Waals surface area contributed by atoms with Crippen molar-refractivity contribution >= 4 is 15.9 Å². The number of hydrogen-bond acceptors (Lipinski definition) is 2. The Bertz CT molecular complexity index is 507.